The third-order valence-electron chi connectivity index (χ3n) is 3.05. The van der Waals surface area contributed by atoms with Gasteiger partial charge in [0.2, 0.25) is 11.8 Å². The van der Waals surface area contributed by atoms with Crippen molar-refractivity contribution in [1.82, 2.24) is 4.90 Å². The third-order valence-corrected chi connectivity index (χ3v) is 3.05. The van der Waals surface area contributed by atoms with E-state index in [4.69, 9.17) is 5.26 Å². The Balaban J connectivity index is 3.14. The summed E-state index contributed by atoms with van der Waals surface area (Å²) in [7, 11) is 0. The highest BCUT2D eigenvalue weighted by Crippen LogP contribution is 2.36. The summed E-state index contributed by atoms with van der Waals surface area (Å²) in [6, 6.07) is 2.05. The van der Waals surface area contributed by atoms with Crippen LogP contribution >= 0.6 is 0 Å². The molecule has 4 nitrogen and oxygen atoms in total. The van der Waals surface area contributed by atoms with Gasteiger partial charge in [-0.15, -0.1) is 0 Å². The molecule has 1 aliphatic heterocycles. The van der Waals surface area contributed by atoms with Crippen LogP contribution in [0.1, 0.15) is 40.5 Å². The van der Waals surface area contributed by atoms with E-state index in [-0.39, 0.29) is 18.2 Å². The largest absolute Gasteiger partial charge is 0.274 e. The minimum absolute atomic E-state index is 0.198. The van der Waals surface area contributed by atoms with Gasteiger partial charge >= 0.3 is 0 Å². The van der Waals surface area contributed by atoms with Gasteiger partial charge in [-0.05, 0) is 13.3 Å². The summed E-state index contributed by atoms with van der Waals surface area (Å²) >= 11 is 0. The highest BCUT2D eigenvalue weighted by Gasteiger charge is 2.51. The second-order valence-corrected chi connectivity index (χ2v) is 4.83. The predicted molar refractivity (Wildman–Crippen MR) is 54.6 cm³/mol. The van der Waals surface area contributed by atoms with Gasteiger partial charge in [0.1, 0.15) is 5.54 Å². The Hall–Kier alpha value is -1.37. The van der Waals surface area contributed by atoms with Crippen LogP contribution in [0.2, 0.25) is 0 Å². The van der Waals surface area contributed by atoms with Crippen molar-refractivity contribution in [2.75, 3.05) is 0 Å². The molecule has 82 valence electrons. The van der Waals surface area contributed by atoms with Crippen molar-refractivity contribution in [3.63, 3.8) is 0 Å². The topological polar surface area (TPSA) is 61.2 Å². The fourth-order valence-electron chi connectivity index (χ4n) is 1.74. The molecule has 0 spiro atoms. The maximum atomic E-state index is 12.0. The number of hydrogen-bond acceptors (Lipinski definition) is 3. The van der Waals surface area contributed by atoms with Crippen LogP contribution in [0.4, 0.5) is 0 Å². The number of nitrogens with zero attached hydrogens (tertiary/aromatic N) is 2. The Morgan fingerprint density at radius 1 is 1.53 bits per heavy atom. The highest BCUT2D eigenvalue weighted by atomic mass is 16.2. The Kier molecular flexibility index (Phi) is 2.60. The smallest absolute Gasteiger partial charge is 0.236 e. The first-order valence-electron chi connectivity index (χ1n) is 5.07. The van der Waals surface area contributed by atoms with E-state index in [1.165, 1.54) is 0 Å². The standard InChI is InChI=1S/C11H16N2O2/c1-5-11(4,7-12)13-8(14)6-10(2,3)9(13)15/h5-6H2,1-4H3. The first-order valence-corrected chi connectivity index (χ1v) is 5.07. The first-order chi connectivity index (χ1) is 6.78. The predicted octanol–water partition coefficient (Wildman–Crippen LogP) is 1.46. The molecule has 0 aromatic rings. The minimum Gasteiger partial charge on any atom is -0.274 e. The zero-order valence-electron chi connectivity index (χ0n) is 9.63. The van der Waals surface area contributed by atoms with Gasteiger partial charge in [-0.1, -0.05) is 20.8 Å². The monoisotopic (exact) mass is 208 g/mol. The van der Waals surface area contributed by atoms with E-state index in [0.29, 0.717) is 6.42 Å². The number of nitriles is 1. The maximum Gasteiger partial charge on any atom is 0.236 e. The van der Waals surface area contributed by atoms with Gasteiger partial charge in [-0.25, -0.2) is 0 Å². The molecule has 0 aromatic carbocycles. The molecule has 0 bridgehead atoms. The molecule has 0 aliphatic carbocycles. The second-order valence-electron chi connectivity index (χ2n) is 4.83. The van der Waals surface area contributed by atoms with Crippen LogP contribution in [-0.4, -0.2) is 22.3 Å². The average molecular weight is 208 g/mol. The van der Waals surface area contributed by atoms with E-state index in [1.54, 1.807) is 27.7 Å². The normalized spacial score (nSPS) is 23.8. The van der Waals surface area contributed by atoms with Crippen LogP contribution in [0, 0.1) is 16.7 Å². The van der Waals surface area contributed by atoms with E-state index in [0.717, 1.165) is 4.90 Å². The van der Waals surface area contributed by atoms with Gasteiger partial charge in [0.05, 0.1) is 11.5 Å². The highest BCUT2D eigenvalue weighted by molar-refractivity contribution is 6.06. The number of amides is 2. The molecule has 0 aromatic heterocycles. The summed E-state index contributed by atoms with van der Waals surface area (Å²) < 4.78 is 0. The summed E-state index contributed by atoms with van der Waals surface area (Å²) in [5.74, 6) is -0.477. The lowest BCUT2D eigenvalue weighted by molar-refractivity contribution is -0.145. The summed E-state index contributed by atoms with van der Waals surface area (Å²) in [5.41, 5.74) is -1.66. The van der Waals surface area contributed by atoms with Crippen molar-refractivity contribution in [1.29, 1.82) is 5.26 Å². The molecule has 2 amide bonds. The molecule has 0 N–H and O–H groups in total. The number of carbonyl (C=O) groups is 2. The van der Waals surface area contributed by atoms with Crippen molar-refractivity contribution in [2.24, 2.45) is 5.41 Å². The van der Waals surface area contributed by atoms with Crippen LogP contribution in [0.15, 0.2) is 0 Å². The minimum atomic E-state index is -0.998. The molecule has 1 heterocycles. The Labute approximate surface area is 89.9 Å². The third kappa shape index (κ3) is 1.63. The lowest BCUT2D eigenvalue weighted by Crippen LogP contribution is -2.49. The fourth-order valence-corrected chi connectivity index (χ4v) is 1.74. The number of rotatable bonds is 2. The Morgan fingerprint density at radius 3 is 2.33 bits per heavy atom. The zero-order valence-corrected chi connectivity index (χ0v) is 9.63. The van der Waals surface area contributed by atoms with Gasteiger partial charge in [0, 0.05) is 6.42 Å². The lowest BCUT2D eigenvalue weighted by Gasteiger charge is -2.30. The molecule has 1 unspecified atom stereocenters. The zero-order chi connectivity index (χ0) is 11.9. The summed E-state index contributed by atoms with van der Waals surface area (Å²) in [6.45, 7) is 6.90. The molecule has 0 radical (unpaired) electrons. The summed E-state index contributed by atoms with van der Waals surface area (Å²) in [6.07, 6.45) is 0.653. The van der Waals surface area contributed by atoms with Crippen molar-refractivity contribution < 1.29 is 9.59 Å². The van der Waals surface area contributed by atoms with Gasteiger partial charge in [-0.2, -0.15) is 5.26 Å². The average Bonchev–Trinajstić information content (AvgIpc) is 2.36. The molecule has 15 heavy (non-hydrogen) atoms. The van der Waals surface area contributed by atoms with Crippen molar-refractivity contribution >= 4 is 11.8 Å². The van der Waals surface area contributed by atoms with Crippen LogP contribution < -0.4 is 0 Å². The van der Waals surface area contributed by atoms with E-state index in [1.807, 2.05) is 0 Å². The van der Waals surface area contributed by atoms with Crippen molar-refractivity contribution in [3.8, 4) is 6.07 Å². The molecule has 1 atom stereocenters. The van der Waals surface area contributed by atoms with Gasteiger partial charge in [0.25, 0.3) is 0 Å². The quantitative estimate of drug-likeness (QED) is 0.645. The number of carbonyl (C=O) groups excluding carboxylic acids is 2. The van der Waals surface area contributed by atoms with Crippen molar-refractivity contribution in [3.05, 3.63) is 0 Å². The van der Waals surface area contributed by atoms with Crippen LogP contribution in [0.5, 0.6) is 0 Å². The Morgan fingerprint density at radius 2 is 2.07 bits per heavy atom. The lowest BCUT2D eigenvalue weighted by atomic mass is 9.91. The van der Waals surface area contributed by atoms with Gasteiger partial charge in [-0.3, -0.25) is 14.5 Å². The first kappa shape index (κ1) is 11.7. The molecular weight excluding hydrogens is 192 g/mol. The molecule has 4 heteroatoms. The van der Waals surface area contributed by atoms with E-state index < -0.39 is 11.0 Å². The van der Waals surface area contributed by atoms with Crippen molar-refractivity contribution in [2.45, 2.75) is 46.1 Å². The molecular formula is C11H16N2O2. The number of likely N-dealkylation sites (tertiary alicyclic amines) is 1. The second kappa shape index (κ2) is 3.34. The number of hydrogen-bond donors (Lipinski definition) is 0. The molecule has 1 aliphatic rings. The maximum absolute atomic E-state index is 12.0. The SMILES string of the molecule is CCC(C)(C#N)N1C(=O)CC(C)(C)C1=O. The molecule has 1 saturated heterocycles. The van der Waals surface area contributed by atoms with E-state index in [2.05, 4.69) is 6.07 Å². The summed E-state index contributed by atoms with van der Waals surface area (Å²) in [5, 5.41) is 9.06. The van der Waals surface area contributed by atoms with E-state index >= 15 is 0 Å². The van der Waals surface area contributed by atoms with E-state index in [9.17, 15) is 9.59 Å². The summed E-state index contributed by atoms with van der Waals surface area (Å²) in [4.78, 5) is 24.8. The van der Waals surface area contributed by atoms with Gasteiger partial charge in [0.15, 0.2) is 0 Å². The number of imide groups is 1. The van der Waals surface area contributed by atoms with Crippen LogP contribution in [0.25, 0.3) is 0 Å². The molecule has 1 fully saturated rings. The van der Waals surface area contributed by atoms with Crippen LogP contribution in [-0.2, 0) is 9.59 Å². The molecule has 0 saturated carbocycles. The van der Waals surface area contributed by atoms with Gasteiger partial charge < -0.3 is 0 Å². The Bertz CT molecular complexity index is 354. The van der Waals surface area contributed by atoms with Crippen LogP contribution in [0.3, 0.4) is 0 Å². The molecule has 1 rings (SSSR count). The fraction of sp³-hybridized carbons (Fsp3) is 0.727.